The van der Waals surface area contributed by atoms with E-state index in [0.717, 1.165) is 0 Å². The molecule has 20 heteroatoms. The maximum atomic E-state index is 13.3. The summed E-state index contributed by atoms with van der Waals surface area (Å²) in [6, 6.07) is -5.12. The first kappa shape index (κ1) is 37.1. The van der Waals surface area contributed by atoms with Gasteiger partial charge in [-0.3, -0.25) is 34.2 Å². The van der Waals surface area contributed by atoms with Crippen molar-refractivity contribution >= 4 is 47.5 Å². The average Bonchev–Trinajstić information content (AvgIpc) is 2.88. The molecule has 0 rings (SSSR count). The van der Waals surface area contributed by atoms with Crippen molar-refractivity contribution in [2.75, 3.05) is 19.6 Å². The molecule has 0 aromatic rings. The molecule has 42 heavy (non-hydrogen) atoms. The number of amides is 4. The van der Waals surface area contributed by atoms with Crippen molar-refractivity contribution in [3.05, 3.63) is 0 Å². The number of hydrogen-bond acceptors (Lipinski definition) is 9. The summed E-state index contributed by atoms with van der Waals surface area (Å²) in [6.07, 6.45) is 0.398. The van der Waals surface area contributed by atoms with E-state index in [2.05, 4.69) is 30.9 Å². The number of rotatable bonds is 21. The second-order valence-corrected chi connectivity index (χ2v) is 9.15. The molecule has 0 unspecified atom stereocenters. The molecule has 0 saturated carbocycles. The van der Waals surface area contributed by atoms with Crippen LogP contribution in [0, 0.1) is 0 Å². The van der Waals surface area contributed by atoms with Crippen LogP contribution in [0.1, 0.15) is 44.9 Å². The summed E-state index contributed by atoms with van der Waals surface area (Å²) < 4.78 is 0. The Morgan fingerprint density at radius 3 is 1.29 bits per heavy atom. The highest BCUT2D eigenvalue weighted by molar-refractivity contribution is 5.94. The summed E-state index contributed by atoms with van der Waals surface area (Å²) in [6.45, 7) is 0.483. The molecule has 0 aliphatic carbocycles. The molecule has 0 radical (unpaired) electrons. The molecule has 0 aromatic carbocycles. The number of carboxylic acid groups (broad SMARTS) is 1. The van der Waals surface area contributed by atoms with E-state index in [9.17, 15) is 29.1 Å². The van der Waals surface area contributed by atoms with E-state index in [1.807, 2.05) is 0 Å². The van der Waals surface area contributed by atoms with Crippen LogP contribution in [0.25, 0.3) is 0 Å². The Morgan fingerprint density at radius 2 is 0.929 bits per heavy atom. The lowest BCUT2D eigenvalue weighted by Gasteiger charge is -2.25. The van der Waals surface area contributed by atoms with Crippen molar-refractivity contribution in [3.63, 3.8) is 0 Å². The molecule has 20 N–H and O–H groups in total. The summed E-state index contributed by atoms with van der Waals surface area (Å²) in [5.41, 5.74) is 42.9. The van der Waals surface area contributed by atoms with Gasteiger partial charge >= 0.3 is 5.97 Å². The number of hydrogen-bond donors (Lipinski definition) is 12. The summed E-state index contributed by atoms with van der Waals surface area (Å²) in [7, 11) is 0. The number of carbonyl (C=O) groups excluding carboxylic acids is 4. The largest absolute Gasteiger partial charge is 0.480 e. The standard InChI is InChI=1S/C22H44N14O6/c23-11(4-1-7-31-20(25)26)16(38)34-12(5-2-8-32-21(27)28)17(39)35-13(6-3-9-33-22(29)30)18(40)36-14(19(41)42)10-15(24)37/h11-14H,1-10,23H2,(H2,24,37)(H,34,38)(H,35,39)(H,36,40)(H,41,42)(H4,25,26,31)(H4,27,28,32)(H4,29,30,33)/t11-,12-,13-,14-/m0/s1. The lowest BCUT2D eigenvalue weighted by atomic mass is 10.1. The Hall–Kier alpha value is -4.88. The summed E-state index contributed by atoms with van der Waals surface area (Å²) in [4.78, 5) is 73.2. The Balaban J connectivity index is 5.76. The fraction of sp³-hybridized carbons (Fsp3) is 0.636. The zero-order valence-electron chi connectivity index (χ0n) is 23.3. The van der Waals surface area contributed by atoms with Gasteiger partial charge in [0.15, 0.2) is 17.9 Å². The first-order chi connectivity index (χ1) is 19.6. The zero-order valence-corrected chi connectivity index (χ0v) is 23.3. The number of nitrogens with zero attached hydrogens (tertiary/aromatic N) is 3. The first-order valence-electron chi connectivity index (χ1n) is 13.0. The molecule has 0 bridgehead atoms. The van der Waals surface area contributed by atoms with Crippen LogP contribution in [-0.2, 0) is 24.0 Å². The monoisotopic (exact) mass is 600 g/mol. The third-order valence-electron chi connectivity index (χ3n) is 5.48. The molecule has 4 amide bonds. The van der Waals surface area contributed by atoms with Crippen molar-refractivity contribution in [3.8, 4) is 0 Å². The van der Waals surface area contributed by atoms with Gasteiger partial charge < -0.3 is 66.9 Å². The SMILES string of the molecule is NC(=O)C[C@H](NC(=O)[C@H](CCCN=C(N)N)NC(=O)[C@H](CCCN=C(N)N)NC(=O)[C@@H](N)CCCN=C(N)N)C(=O)O. The molecule has 0 aliphatic heterocycles. The third kappa shape index (κ3) is 17.7. The van der Waals surface area contributed by atoms with Crippen LogP contribution in [-0.4, -0.2) is 96.4 Å². The van der Waals surface area contributed by atoms with Gasteiger partial charge in [-0.25, -0.2) is 4.79 Å². The number of guanidine groups is 3. The molecule has 238 valence electrons. The van der Waals surface area contributed by atoms with E-state index in [1.165, 1.54) is 0 Å². The minimum absolute atomic E-state index is 0.0315. The maximum absolute atomic E-state index is 13.3. The van der Waals surface area contributed by atoms with Crippen LogP contribution in [0.15, 0.2) is 15.0 Å². The van der Waals surface area contributed by atoms with E-state index in [1.54, 1.807) is 0 Å². The van der Waals surface area contributed by atoms with Gasteiger partial charge in [0.2, 0.25) is 23.6 Å². The molecule has 0 aliphatic rings. The third-order valence-corrected chi connectivity index (χ3v) is 5.48. The van der Waals surface area contributed by atoms with Gasteiger partial charge in [-0.2, -0.15) is 0 Å². The predicted molar refractivity (Wildman–Crippen MR) is 155 cm³/mol. The van der Waals surface area contributed by atoms with Gasteiger partial charge in [0, 0.05) is 19.6 Å². The number of nitrogens with one attached hydrogen (secondary N) is 3. The number of carboxylic acids is 1. The number of primary amides is 1. The van der Waals surface area contributed by atoms with Gasteiger partial charge in [-0.05, 0) is 38.5 Å². The minimum Gasteiger partial charge on any atom is -0.480 e. The Bertz CT molecular complexity index is 1010. The smallest absolute Gasteiger partial charge is 0.326 e. The molecular formula is C22H44N14O6. The Morgan fingerprint density at radius 1 is 0.571 bits per heavy atom. The van der Waals surface area contributed by atoms with Gasteiger partial charge in [-0.15, -0.1) is 0 Å². The van der Waals surface area contributed by atoms with Crippen molar-refractivity contribution in [2.24, 2.45) is 60.8 Å². The van der Waals surface area contributed by atoms with Crippen molar-refractivity contribution in [1.82, 2.24) is 16.0 Å². The Labute approximate surface area is 242 Å². The lowest BCUT2D eigenvalue weighted by Crippen LogP contribution is -2.57. The summed E-state index contributed by atoms with van der Waals surface area (Å²) in [5, 5.41) is 16.6. The zero-order chi connectivity index (χ0) is 32.2. The molecule has 4 atom stereocenters. The maximum Gasteiger partial charge on any atom is 0.326 e. The fourth-order valence-electron chi connectivity index (χ4n) is 3.42. The fourth-order valence-corrected chi connectivity index (χ4v) is 3.42. The molecule has 0 saturated heterocycles. The van der Waals surface area contributed by atoms with E-state index < -0.39 is 60.2 Å². The van der Waals surface area contributed by atoms with E-state index >= 15 is 0 Å². The molecule has 0 spiro atoms. The van der Waals surface area contributed by atoms with E-state index in [-0.39, 0.29) is 69.6 Å². The van der Waals surface area contributed by atoms with Crippen molar-refractivity contribution in [1.29, 1.82) is 0 Å². The van der Waals surface area contributed by atoms with Crippen LogP contribution in [0.3, 0.4) is 0 Å². The lowest BCUT2D eigenvalue weighted by molar-refractivity contribution is -0.143. The quantitative estimate of drug-likeness (QED) is 0.0332. The highest BCUT2D eigenvalue weighted by Crippen LogP contribution is 2.06. The minimum atomic E-state index is -1.64. The Kier molecular flexibility index (Phi) is 17.7. The molecular weight excluding hydrogens is 556 g/mol. The predicted octanol–water partition coefficient (Wildman–Crippen LogP) is -6.11. The normalized spacial score (nSPS) is 13.3. The molecule has 20 nitrogen and oxygen atoms in total. The van der Waals surface area contributed by atoms with Crippen LogP contribution >= 0.6 is 0 Å². The summed E-state index contributed by atoms with van der Waals surface area (Å²) in [5.74, 6) is -5.27. The van der Waals surface area contributed by atoms with Crippen molar-refractivity contribution < 1.29 is 29.1 Å². The van der Waals surface area contributed by atoms with Crippen LogP contribution in [0.2, 0.25) is 0 Å². The molecule has 0 aromatic heterocycles. The number of nitrogens with two attached hydrogens (primary N) is 8. The van der Waals surface area contributed by atoms with Crippen LogP contribution in [0.5, 0.6) is 0 Å². The van der Waals surface area contributed by atoms with Crippen LogP contribution < -0.4 is 61.8 Å². The van der Waals surface area contributed by atoms with Gasteiger partial charge in [-0.1, -0.05) is 0 Å². The highest BCUT2D eigenvalue weighted by atomic mass is 16.4. The number of aliphatic carboxylic acids is 1. The van der Waals surface area contributed by atoms with E-state index in [0.29, 0.717) is 6.42 Å². The highest BCUT2D eigenvalue weighted by Gasteiger charge is 2.30. The molecule has 0 fully saturated rings. The van der Waals surface area contributed by atoms with Gasteiger partial charge in [0.25, 0.3) is 0 Å². The molecule has 0 heterocycles. The van der Waals surface area contributed by atoms with Gasteiger partial charge in [0.1, 0.15) is 18.1 Å². The summed E-state index contributed by atoms with van der Waals surface area (Å²) >= 11 is 0. The van der Waals surface area contributed by atoms with Crippen LogP contribution in [0.4, 0.5) is 0 Å². The topological polar surface area (TPSA) is 387 Å². The average molecular weight is 601 g/mol. The van der Waals surface area contributed by atoms with E-state index in [4.69, 9.17) is 45.9 Å². The van der Waals surface area contributed by atoms with Gasteiger partial charge in [0.05, 0.1) is 12.5 Å². The second-order valence-electron chi connectivity index (χ2n) is 9.15. The first-order valence-corrected chi connectivity index (χ1v) is 13.0. The number of carbonyl (C=O) groups is 5. The second kappa shape index (κ2) is 20.1. The number of aliphatic imine (C=N–C) groups is 3. The van der Waals surface area contributed by atoms with Crippen molar-refractivity contribution in [2.45, 2.75) is 69.1 Å².